The molecule has 0 bridgehead atoms. The number of aryl methyl sites for hydroxylation is 2. The first-order chi connectivity index (χ1) is 12.6. The molecule has 1 amide bonds. The zero-order chi connectivity index (χ0) is 18.1. The lowest BCUT2D eigenvalue weighted by Gasteiger charge is -2.24. The minimum absolute atomic E-state index is 0.00132. The van der Waals surface area contributed by atoms with Gasteiger partial charge in [0.25, 0.3) is 5.91 Å². The summed E-state index contributed by atoms with van der Waals surface area (Å²) in [6.45, 7) is 4.56. The van der Waals surface area contributed by atoms with Crippen LogP contribution < -0.4 is 0 Å². The zero-order valence-corrected chi connectivity index (χ0v) is 14.8. The number of nitrogens with zero attached hydrogens (tertiary/aromatic N) is 4. The van der Waals surface area contributed by atoms with Crippen LogP contribution in [0.2, 0.25) is 0 Å². The molecule has 0 radical (unpaired) electrons. The summed E-state index contributed by atoms with van der Waals surface area (Å²) in [5.74, 6) is 0.795. The molecule has 6 heteroatoms. The van der Waals surface area contributed by atoms with E-state index in [1.165, 1.54) is 0 Å². The Morgan fingerprint density at radius 3 is 2.77 bits per heavy atom. The summed E-state index contributed by atoms with van der Waals surface area (Å²) in [4.78, 5) is 23.4. The third-order valence-electron chi connectivity index (χ3n) is 4.87. The Bertz CT molecular complexity index is 899. The number of pyridine rings is 2. The zero-order valence-electron chi connectivity index (χ0n) is 14.8. The van der Waals surface area contributed by atoms with E-state index in [1.54, 1.807) is 24.5 Å². The van der Waals surface area contributed by atoms with Crippen molar-refractivity contribution >= 4 is 5.91 Å². The molecule has 6 nitrogen and oxygen atoms in total. The Hall–Kier alpha value is -3.02. The Morgan fingerprint density at radius 2 is 2.12 bits per heavy atom. The molecule has 4 rings (SSSR count). The van der Waals surface area contributed by atoms with Gasteiger partial charge >= 0.3 is 0 Å². The second-order valence-electron chi connectivity index (χ2n) is 6.57. The summed E-state index contributed by atoms with van der Waals surface area (Å²) in [5, 5.41) is 4.00. The molecule has 1 saturated heterocycles. The molecule has 1 aliphatic heterocycles. The van der Waals surface area contributed by atoms with Crippen molar-refractivity contribution in [1.29, 1.82) is 0 Å². The fraction of sp³-hybridized carbons (Fsp3) is 0.300. The Morgan fingerprint density at radius 1 is 1.23 bits per heavy atom. The first-order valence-electron chi connectivity index (χ1n) is 8.75. The molecular formula is C20H20N4O2. The van der Waals surface area contributed by atoms with Crippen molar-refractivity contribution < 1.29 is 9.32 Å². The summed E-state index contributed by atoms with van der Waals surface area (Å²) in [6, 6.07) is 7.62. The predicted octanol–water partition coefficient (Wildman–Crippen LogP) is 3.73. The molecule has 0 saturated carbocycles. The highest BCUT2D eigenvalue weighted by Gasteiger charge is 2.31. The van der Waals surface area contributed by atoms with E-state index in [4.69, 9.17) is 4.52 Å². The molecule has 3 aromatic rings. The van der Waals surface area contributed by atoms with Gasteiger partial charge in [-0.25, -0.2) is 0 Å². The van der Waals surface area contributed by atoms with E-state index in [0.29, 0.717) is 5.56 Å². The number of hydrogen-bond acceptors (Lipinski definition) is 5. The van der Waals surface area contributed by atoms with Crippen LogP contribution in [0.1, 0.15) is 46.4 Å². The minimum atomic E-state index is 0.00132. The number of aromatic nitrogens is 3. The molecule has 1 fully saturated rings. The summed E-state index contributed by atoms with van der Waals surface area (Å²) in [6.07, 6.45) is 7.03. The molecule has 132 valence electrons. The molecule has 0 spiro atoms. The van der Waals surface area contributed by atoms with E-state index in [1.807, 2.05) is 37.1 Å². The van der Waals surface area contributed by atoms with Crippen molar-refractivity contribution in [3.8, 4) is 11.1 Å². The van der Waals surface area contributed by atoms with Gasteiger partial charge in [-0.2, -0.15) is 0 Å². The van der Waals surface area contributed by atoms with Gasteiger partial charge in [-0.3, -0.25) is 14.8 Å². The van der Waals surface area contributed by atoms with E-state index in [0.717, 1.165) is 47.7 Å². The average Bonchev–Trinajstić information content (AvgIpc) is 3.29. The van der Waals surface area contributed by atoms with E-state index in [2.05, 4.69) is 15.1 Å². The van der Waals surface area contributed by atoms with E-state index < -0.39 is 0 Å². The van der Waals surface area contributed by atoms with Crippen LogP contribution in [0.3, 0.4) is 0 Å². The number of rotatable bonds is 3. The lowest BCUT2D eigenvalue weighted by atomic mass is 10.0. The molecule has 1 atom stereocenters. The molecule has 0 aliphatic carbocycles. The maximum absolute atomic E-state index is 12.8. The van der Waals surface area contributed by atoms with Crippen LogP contribution in [-0.4, -0.2) is 32.5 Å². The fourth-order valence-electron chi connectivity index (χ4n) is 3.62. The van der Waals surface area contributed by atoms with Gasteiger partial charge in [-0.15, -0.1) is 0 Å². The van der Waals surface area contributed by atoms with Gasteiger partial charge < -0.3 is 9.42 Å². The maximum atomic E-state index is 12.8. The SMILES string of the molecule is Cc1noc(C)c1-c1ccc([C@H]2CCCN2C(=O)c2cccnc2)nc1. The van der Waals surface area contributed by atoms with Gasteiger partial charge in [0.05, 0.1) is 23.0 Å². The van der Waals surface area contributed by atoms with Crippen LogP contribution >= 0.6 is 0 Å². The summed E-state index contributed by atoms with van der Waals surface area (Å²) < 4.78 is 5.24. The van der Waals surface area contributed by atoms with Crippen LogP contribution in [0.25, 0.3) is 11.1 Å². The maximum Gasteiger partial charge on any atom is 0.255 e. The average molecular weight is 348 g/mol. The molecule has 3 aromatic heterocycles. The van der Waals surface area contributed by atoms with Crippen molar-refractivity contribution in [2.75, 3.05) is 6.54 Å². The first-order valence-corrected chi connectivity index (χ1v) is 8.75. The van der Waals surface area contributed by atoms with Crippen molar-refractivity contribution in [1.82, 2.24) is 20.0 Å². The van der Waals surface area contributed by atoms with Crippen LogP contribution in [0, 0.1) is 13.8 Å². The van der Waals surface area contributed by atoms with Crippen LogP contribution in [0.15, 0.2) is 47.4 Å². The first kappa shape index (κ1) is 16.4. The van der Waals surface area contributed by atoms with Crippen molar-refractivity contribution in [2.24, 2.45) is 0 Å². The Kier molecular flexibility index (Phi) is 4.24. The summed E-state index contributed by atoms with van der Waals surface area (Å²) >= 11 is 0. The number of hydrogen-bond donors (Lipinski definition) is 0. The van der Waals surface area contributed by atoms with Gasteiger partial charge in [-0.05, 0) is 44.9 Å². The topological polar surface area (TPSA) is 72.1 Å². The fourth-order valence-corrected chi connectivity index (χ4v) is 3.62. The van der Waals surface area contributed by atoms with Gasteiger partial charge in [0, 0.05) is 36.3 Å². The Labute approximate surface area is 151 Å². The molecule has 0 N–H and O–H groups in total. The van der Waals surface area contributed by atoms with Gasteiger partial charge in [0.2, 0.25) is 0 Å². The van der Waals surface area contributed by atoms with Crippen LogP contribution in [0.5, 0.6) is 0 Å². The highest BCUT2D eigenvalue weighted by molar-refractivity contribution is 5.94. The van der Waals surface area contributed by atoms with Crippen molar-refractivity contribution in [3.63, 3.8) is 0 Å². The van der Waals surface area contributed by atoms with Gasteiger partial charge in [0.1, 0.15) is 5.76 Å². The smallest absolute Gasteiger partial charge is 0.255 e. The third-order valence-corrected chi connectivity index (χ3v) is 4.87. The Balaban J connectivity index is 1.60. The lowest BCUT2D eigenvalue weighted by molar-refractivity contribution is 0.0732. The summed E-state index contributed by atoms with van der Waals surface area (Å²) in [7, 11) is 0. The van der Waals surface area contributed by atoms with Crippen molar-refractivity contribution in [2.45, 2.75) is 32.7 Å². The molecule has 26 heavy (non-hydrogen) atoms. The molecule has 0 unspecified atom stereocenters. The minimum Gasteiger partial charge on any atom is -0.361 e. The normalized spacial score (nSPS) is 16.8. The highest BCUT2D eigenvalue weighted by atomic mass is 16.5. The van der Waals surface area contributed by atoms with E-state index in [9.17, 15) is 4.79 Å². The number of carbonyl (C=O) groups excluding carboxylic acids is 1. The number of likely N-dealkylation sites (tertiary alicyclic amines) is 1. The second kappa shape index (κ2) is 6.71. The second-order valence-corrected chi connectivity index (χ2v) is 6.57. The standard InChI is InChI=1S/C20H20N4O2/c1-13-19(14(2)26-23-13)15-7-8-17(22-12-15)18-6-4-10-24(18)20(25)16-5-3-9-21-11-16/h3,5,7-9,11-12,18H,4,6,10H2,1-2H3/t18-/m1/s1. The van der Waals surface area contributed by atoms with Crippen molar-refractivity contribution in [3.05, 3.63) is 65.6 Å². The lowest BCUT2D eigenvalue weighted by Crippen LogP contribution is -2.31. The van der Waals surface area contributed by atoms with Crippen LogP contribution in [0.4, 0.5) is 0 Å². The molecular weight excluding hydrogens is 328 g/mol. The van der Waals surface area contributed by atoms with Crippen LogP contribution in [-0.2, 0) is 0 Å². The van der Waals surface area contributed by atoms with E-state index >= 15 is 0 Å². The third kappa shape index (κ3) is 2.87. The predicted molar refractivity (Wildman–Crippen MR) is 96.5 cm³/mol. The van der Waals surface area contributed by atoms with Gasteiger partial charge in [0.15, 0.2) is 0 Å². The monoisotopic (exact) mass is 348 g/mol. The van der Waals surface area contributed by atoms with Gasteiger partial charge in [-0.1, -0.05) is 11.2 Å². The summed E-state index contributed by atoms with van der Waals surface area (Å²) in [5.41, 5.74) is 4.35. The number of amides is 1. The molecule has 1 aliphatic rings. The largest absolute Gasteiger partial charge is 0.361 e. The van der Waals surface area contributed by atoms with E-state index in [-0.39, 0.29) is 11.9 Å². The highest BCUT2D eigenvalue weighted by Crippen LogP contribution is 2.33. The number of carbonyl (C=O) groups is 1. The quantitative estimate of drug-likeness (QED) is 0.721. The molecule has 4 heterocycles. The molecule has 0 aromatic carbocycles.